The summed E-state index contributed by atoms with van der Waals surface area (Å²) in [7, 11) is 0. The molecule has 6 nitrogen and oxygen atoms in total. The maximum absolute atomic E-state index is 13.2. The number of rotatable bonds is 11. The van der Waals surface area contributed by atoms with Gasteiger partial charge in [-0.3, -0.25) is 14.4 Å². The van der Waals surface area contributed by atoms with E-state index in [4.69, 9.17) is 5.73 Å². The largest absolute Gasteiger partial charge is 0.369 e. The Morgan fingerprint density at radius 1 is 1.14 bits per heavy atom. The lowest BCUT2D eigenvalue weighted by molar-refractivity contribution is -0.139. The van der Waals surface area contributed by atoms with E-state index >= 15 is 0 Å². The number of amides is 3. The van der Waals surface area contributed by atoms with Gasteiger partial charge in [-0.2, -0.15) is 0 Å². The SMILES string of the molecule is CCCCC(C(N)=O)C(CC(C)C)C(=O)N[C@H]1CCCCN(CC2CCC2)C1=O. The summed E-state index contributed by atoms with van der Waals surface area (Å²) in [5.41, 5.74) is 5.68. The van der Waals surface area contributed by atoms with E-state index in [1.165, 1.54) is 19.3 Å². The minimum Gasteiger partial charge on any atom is -0.369 e. The first-order chi connectivity index (χ1) is 13.8. The summed E-state index contributed by atoms with van der Waals surface area (Å²) in [6.45, 7) is 7.78. The molecule has 0 spiro atoms. The Hall–Kier alpha value is -1.59. The molecule has 3 amide bonds. The van der Waals surface area contributed by atoms with Gasteiger partial charge in [0, 0.05) is 24.9 Å². The zero-order chi connectivity index (χ0) is 21.4. The fourth-order valence-electron chi connectivity index (χ4n) is 4.61. The van der Waals surface area contributed by atoms with Crippen molar-refractivity contribution >= 4 is 17.7 Å². The number of hydrogen-bond donors (Lipinski definition) is 2. The molecule has 29 heavy (non-hydrogen) atoms. The van der Waals surface area contributed by atoms with E-state index in [9.17, 15) is 14.4 Å². The highest BCUT2D eigenvalue weighted by atomic mass is 16.2. The van der Waals surface area contributed by atoms with Crippen molar-refractivity contribution in [1.82, 2.24) is 10.2 Å². The molecule has 0 bridgehead atoms. The highest BCUT2D eigenvalue weighted by Crippen LogP contribution is 2.29. The highest BCUT2D eigenvalue weighted by Gasteiger charge is 2.36. The molecule has 0 radical (unpaired) electrons. The van der Waals surface area contributed by atoms with Crippen LogP contribution in [0.4, 0.5) is 0 Å². The standard InChI is InChI=1S/C23H41N3O3/c1-4-5-11-18(21(24)27)19(14-16(2)3)22(28)25-20-12-6-7-13-26(23(20)29)15-17-9-8-10-17/h16-20H,4-15H2,1-3H3,(H2,24,27)(H,25,28)/t18?,19?,20-/m0/s1. The predicted octanol–water partition coefficient (Wildman–Crippen LogP) is 3.24. The van der Waals surface area contributed by atoms with Gasteiger partial charge in [-0.25, -0.2) is 0 Å². The van der Waals surface area contributed by atoms with Crippen LogP contribution in [0.1, 0.15) is 85.0 Å². The number of carbonyl (C=O) groups excluding carboxylic acids is 3. The Bertz CT molecular complexity index is 560. The summed E-state index contributed by atoms with van der Waals surface area (Å²) in [6, 6.07) is -0.473. The molecule has 1 heterocycles. The van der Waals surface area contributed by atoms with E-state index in [1.807, 2.05) is 4.90 Å². The number of unbranched alkanes of at least 4 members (excludes halogenated alkanes) is 1. The van der Waals surface area contributed by atoms with Crippen LogP contribution in [-0.2, 0) is 14.4 Å². The molecule has 3 atom stereocenters. The van der Waals surface area contributed by atoms with Crippen LogP contribution in [0.15, 0.2) is 0 Å². The fourth-order valence-corrected chi connectivity index (χ4v) is 4.61. The summed E-state index contributed by atoms with van der Waals surface area (Å²) in [4.78, 5) is 40.4. The van der Waals surface area contributed by atoms with Crippen molar-refractivity contribution in [2.45, 2.75) is 91.0 Å². The molecule has 2 aliphatic rings. The monoisotopic (exact) mass is 407 g/mol. The third kappa shape index (κ3) is 7.00. The van der Waals surface area contributed by atoms with Crippen LogP contribution >= 0.6 is 0 Å². The zero-order valence-electron chi connectivity index (χ0n) is 18.6. The van der Waals surface area contributed by atoms with Gasteiger partial charge in [-0.1, -0.05) is 40.0 Å². The minimum atomic E-state index is -0.473. The van der Waals surface area contributed by atoms with Crippen LogP contribution in [0.25, 0.3) is 0 Å². The molecular formula is C23H41N3O3. The summed E-state index contributed by atoms with van der Waals surface area (Å²) >= 11 is 0. The van der Waals surface area contributed by atoms with E-state index in [0.29, 0.717) is 25.2 Å². The lowest BCUT2D eigenvalue weighted by atomic mass is 9.81. The van der Waals surface area contributed by atoms with Crippen LogP contribution in [0.5, 0.6) is 0 Å². The number of likely N-dealkylation sites (tertiary alicyclic amines) is 1. The predicted molar refractivity (Wildman–Crippen MR) is 115 cm³/mol. The first-order valence-corrected chi connectivity index (χ1v) is 11.7. The van der Waals surface area contributed by atoms with E-state index in [1.54, 1.807) is 0 Å². The first-order valence-electron chi connectivity index (χ1n) is 11.7. The topological polar surface area (TPSA) is 92.5 Å². The zero-order valence-corrected chi connectivity index (χ0v) is 18.6. The van der Waals surface area contributed by atoms with E-state index in [0.717, 1.165) is 38.8 Å². The van der Waals surface area contributed by atoms with Gasteiger partial charge in [0.15, 0.2) is 0 Å². The lowest BCUT2D eigenvalue weighted by Gasteiger charge is -2.33. The molecule has 166 valence electrons. The van der Waals surface area contributed by atoms with Gasteiger partial charge in [0.25, 0.3) is 0 Å². The van der Waals surface area contributed by atoms with Crippen LogP contribution in [0.2, 0.25) is 0 Å². The van der Waals surface area contributed by atoms with Crippen molar-refractivity contribution in [2.75, 3.05) is 13.1 Å². The number of primary amides is 1. The third-order valence-electron chi connectivity index (χ3n) is 6.58. The third-order valence-corrected chi connectivity index (χ3v) is 6.58. The van der Waals surface area contributed by atoms with Gasteiger partial charge >= 0.3 is 0 Å². The normalized spacial score (nSPS) is 22.7. The van der Waals surface area contributed by atoms with Crippen LogP contribution in [0.3, 0.4) is 0 Å². The Balaban J connectivity index is 2.08. The second kappa shape index (κ2) is 11.6. The van der Waals surface area contributed by atoms with Gasteiger partial charge in [-0.05, 0) is 56.8 Å². The Kier molecular flexibility index (Phi) is 9.44. The van der Waals surface area contributed by atoms with Crippen LogP contribution in [0, 0.1) is 23.7 Å². The van der Waals surface area contributed by atoms with Gasteiger partial charge in [0.1, 0.15) is 6.04 Å². The molecule has 1 aliphatic carbocycles. The van der Waals surface area contributed by atoms with Crippen molar-refractivity contribution in [3.8, 4) is 0 Å². The molecular weight excluding hydrogens is 366 g/mol. The summed E-state index contributed by atoms with van der Waals surface area (Å²) in [5, 5.41) is 3.03. The van der Waals surface area contributed by atoms with Gasteiger partial charge in [0.05, 0.1) is 0 Å². The van der Waals surface area contributed by atoms with E-state index in [2.05, 4.69) is 26.1 Å². The number of hydrogen-bond acceptors (Lipinski definition) is 3. The van der Waals surface area contributed by atoms with Crippen LogP contribution in [-0.4, -0.2) is 41.8 Å². The Labute approximate surface area is 176 Å². The molecule has 0 aromatic carbocycles. The van der Waals surface area contributed by atoms with Gasteiger partial charge < -0.3 is 16.0 Å². The summed E-state index contributed by atoms with van der Waals surface area (Å²) < 4.78 is 0. The Morgan fingerprint density at radius 2 is 1.86 bits per heavy atom. The second-order valence-corrected chi connectivity index (χ2v) is 9.53. The first kappa shape index (κ1) is 23.7. The van der Waals surface area contributed by atoms with Crippen molar-refractivity contribution in [2.24, 2.45) is 29.4 Å². The number of nitrogens with two attached hydrogens (primary N) is 1. The molecule has 2 fully saturated rings. The van der Waals surface area contributed by atoms with Crippen molar-refractivity contribution in [1.29, 1.82) is 0 Å². The van der Waals surface area contributed by atoms with Crippen LogP contribution < -0.4 is 11.1 Å². The number of nitrogens with one attached hydrogen (secondary N) is 1. The highest BCUT2D eigenvalue weighted by molar-refractivity contribution is 5.91. The molecule has 0 aromatic rings. The molecule has 0 aromatic heterocycles. The second-order valence-electron chi connectivity index (χ2n) is 9.53. The molecule has 2 rings (SSSR count). The maximum atomic E-state index is 13.2. The smallest absolute Gasteiger partial charge is 0.245 e. The fraction of sp³-hybridized carbons (Fsp3) is 0.870. The minimum absolute atomic E-state index is 0.0511. The van der Waals surface area contributed by atoms with Gasteiger partial charge in [0.2, 0.25) is 17.7 Å². The van der Waals surface area contributed by atoms with Crippen molar-refractivity contribution < 1.29 is 14.4 Å². The summed E-state index contributed by atoms with van der Waals surface area (Å²) in [6.07, 6.45) is 9.32. The van der Waals surface area contributed by atoms with Crippen molar-refractivity contribution in [3.63, 3.8) is 0 Å². The molecule has 1 aliphatic heterocycles. The lowest BCUT2D eigenvalue weighted by Crippen LogP contribution is -2.52. The Morgan fingerprint density at radius 3 is 2.41 bits per heavy atom. The molecule has 2 unspecified atom stereocenters. The van der Waals surface area contributed by atoms with Gasteiger partial charge in [-0.15, -0.1) is 0 Å². The maximum Gasteiger partial charge on any atom is 0.245 e. The summed E-state index contributed by atoms with van der Waals surface area (Å²) in [5.74, 6) is -0.570. The van der Waals surface area contributed by atoms with Crippen molar-refractivity contribution in [3.05, 3.63) is 0 Å². The van der Waals surface area contributed by atoms with E-state index in [-0.39, 0.29) is 17.7 Å². The molecule has 1 saturated heterocycles. The van der Waals surface area contributed by atoms with E-state index < -0.39 is 23.8 Å². The average Bonchev–Trinajstić information content (AvgIpc) is 2.79. The molecule has 1 saturated carbocycles. The molecule has 6 heteroatoms. The number of carbonyl (C=O) groups is 3. The number of nitrogens with zero attached hydrogens (tertiary/aromatic N) is 1. The quantitative estimate of drug-likeness (QED) is 0.551. The average molecular weight is 408 g/mol. The molecule has 3 N–H and O–H groups in total.